The molecule has 0 bridgehead atoms. The Morgan fingerprint density at radius 1 is 1.38 bits per heavy atom. The minimum atomic E-state index is -1.09. The van der Waals surface area contributed by atoms with Crippen LogP contribution in [-0.4, -0.2) is 22.8 Å². The van der Waals surface area contributed by atoms with Gasteiger partial charge in [-0.05, 0) is 23.4 Å². The number of rotatable bonds is 5. The van der Waals surface area contributed by atoms with E-state index in [-0.39, 0.29) is 17.7 Å². The predicted molar refractivity (Wildman–Crippen MR) is 75.4 cm³/mol. The molecule has 2 rings (SSSR count). The quantitative estimate of drug-likeness (QED) is 0.847. The van der Waals surface area contributed by atoms with Crippen LogP contribution in [0.5, 0.6) is 5.75 Å². The number of carboxylic acid groups (broad SMARTS) is 1. The van der Waals surface area contributed by atoms with Gasteiger partial charge in [-0.25, -0.2) is 0 Å². The molecule has 2 aromatic rings. The van der Waals surface area contributed by atoms with E-state index in [2.05, 4.69) is 5.18 Å². The molecule has 21 heavy (non-hydrogen) atoms. The first-order valence-electron chi connectivity index (χ1n) is 6.01. The van der Waals surface area contributed by atoms with Crippen LogP contribution >= 0.6 is 0 Å². The second-order valence-electron chi connectivity index (χ2n) is 4.23. The molecule has 0 saturated heterocycles. The van der Waals surface area contributed by atoms with Crippen LogP contribution in [0, 0.1) is 4.91 Å². The van der Waals surface area contributed by atoms with E-state index in [1.165, 1.54) is 42.1 Å². The summed E-state index contributed by atoms with van der Waals surface area (Å²) in [5.41, 5.74) is 0.280. The average Bonchev–Trinajstić information content (AvgIpc) is 2.48. The molecule has 1 N–H and O–H groups in total. The van der Waals surface area contributed by atoms with Crippen LogP contribution in [0.3, 0.4) is 0 Å². The van der Waals surface area contributed by atoms with Gasteiger partial charge in [-0.1, -0.05) is 6.07 Å². The van der Waals surface area contributed by atoms with Crippen LogP contribution in [0.25, 0.3) is 5.69 Å². The number of aromatic nitrogens is 1. The van der Waals surface area contributed by atoms with Crippen LogP contribution in [0.15, 0.2) is 46.5 Å². The second kappa shape index (κ2) is 6.00. The van der Waals surface area contributed by atoms with Crippen LogP contribution in [0.1, 0.15) is 5.56 Å². The molecule has 0 aliphatic rings. The number of nitrogens with zero attached hydrogens (tertiary/aromatic N) is 2. The summed E-state index contributed by atoms with van der Waals surface area (Å²) in [7, 11) is 1.40. The molecule has 0 amide bonds. The lowest BCUT2D eigenvalue weighted by atomic mass is 10.2. The molecule has 0 radical (unpaired) electrons. The van der Waals surface area contributed by atoms with Crippen LogP contribution in [0.2, 0.25) is 0 Å². The normalized spacial score (nSPS) is 10.1. The summed E-state index contributed by atoms with van der Waals surface area (Å²) in [6.45, 7) is 0. The highest BCUT2D eigenvalue weighted by Gasteiger charge is 2.12. The van der Waals surface area contributed by atoms with Crippen molar-refractivity contribution in [3.63, 3.8) is 0 Å². The Morgan fingerprint density at radius 2 is 2.14 bits per heavy atom. The fourth-order valence-electron chi connectivity index (χ4n) is 1.95. The minimum absolute atomic E-state index is 0.157. The summed E-state index contributed by atoms with van der Waals surface area (Å²) in [5.74, 6) is -0.793. The van der Waals surface area contributed by atoms with E-state index in [0.717, 1.165) is 0 Å². The Kier molecular flexibility index (Phi) is 4.13. The van der Waals surface area contributed by atoms with Crippen molar-refractivity contribution in [3.05, 3.63) is 57.4 Å². The van der Waals surface area contributed by atoms with Crippen LogP contribution in [-0.2, 0) is 11.2 Å². The van der Waals surface area contributed by atoms with Gasteiger partial charge in [-0.15, -0.1) is 4.91 Å². The molecule has 0 spiro atoms. The molecular formula is C14H12N2O5. The molecule has 0 aliphatic carbocycles. The number of carboxylic acids is 1. The number of hydrogen-bond donors (Lipinski definition) is 1. The zero-order valence-electron chi connectivity index (χ0n) is 11.1. The fourth-order valence-corrected chi connectivity index (χ4v) is 1.95. The zero-order chi connectivity index (χ0) is 15.4. The Morgan fingerprint density at radius 3 is 2.76 bits per heavy atom. The van der Waals surface area contributed by atoms with Gasteiger partial charge in [-0.3, -0.25) is 14.2 Å². The summed E-state index contributed by atoms with van der Waals surface area (Å²) in [6, 6.07) is 7.40. The summed E-state index contributed by atoms with van der Waals surface area (Å²) in [4.78, 5) is 33.6. The maximum Gasteiger partial charge on any atom is 0.308 e. The molecule has 7 nitrogen and oxygen atoms in total. The van der Waals surface area contributed by atoms with Gasteiger partial charge in [0.25, 0.3) is 5.56 Å². The van der Waals surface area contributed by atoms with Crippen molar-refractivity contribution in [1.29, 1.82) is 0 Å². The lowest BCUT2D eigenvalue weighted by Gasteiger charge is -2.12. The highest BCUT2D eigenvalue weighted by molar-refractivity contribution is 5.70. The number of ether oxygens (including phenoxy) is 1. The first-order valence-corrected chi connectivity index (χ1v) is 6.01. The second-order valence-corrected chi connectivity index (χ2v) is 4.23. The summed E-state index contributed by atoms with van der Waals surface area (Å²) < 4.78 is 6.41. The number of hydrogen-bond acceptors (Lipinski definition) is 5. The van der Waals surface area contributed by atoms with Crippen molar-refractivity contribution in [1.82, 2.24) is 4.57 Å². The van der Waals surface area contributed by atoms with Crippen LogP contribution in [0.4, 0.5) is 5.69 Å². The third kappa shape index (κ3) is 2.97. The summed E-state index contributed by atoms with van der Waals surface area (Å²) in [6.07, 6.45) is 1.13. The predicted octanol–water partition coefficient (Wildman–Crippen LogP) is 1.87. The van der Waals surface area contributed by atoms with Crippen molar-refractivity contribution >= 4 is 11.7 Å². The van der Waals surface area contributed by atoms with Gasteiger partial charge in [0, 0.05) is 17.8 Å². The number of nitroso groups, excluding NO2 is 1. The largest absolute Gasteiger partial charge is 0.494 e. The lowest BCUT2D eigenvalue weighted by molar-refractivity contribution is -0.136. The van der Waals surface area contributed by atoms with E-state index in [4.69, 9.17) is 9.84 Å². The van der Waals surface area contributed by atoms with E-state index in [0.29, 0.717) is 11.4 Å². The Balaban J connectivity index is 2.59. The first kappa shape index (κ1) is 14.4. The van der Waals surface area contributed by atoms with E-state index < -0.39 is 11.5 Å². The van der Waals surface area contributed by atoms with Gasteiger partial charge in [0.1, 0.15) is 11.4 Å². The van der Waals surface area contributed by atoms with Crippen molar-refractivity contribution < 1.29 is 14.6 Å². The lowest BCUT2D eigenvalue weighted by Crippen LogP contribution is -2.23. The van der Waals surface area contributed by atoms with E-state index in [1.54, 1.807) is 6.07 Å². The molecular weight excluding hydrogens is 276 g/mol. The van der Waals surface area contributed by atoms with Gasteiger partial charge < -0.3 is 9.84 Å². The van der Waals surface area contributed by atoms with Gasteiger partial charge in [0.15, 0.2) is 0 Å². The maximum absolute atomic E-state index is 12.3. The molecule has 0 aliphatic heterocycles. The third-order valence-electron chi connectivity index (χ3n) is 2.90. The highest BCUT2D eigenvalue weighted by atomic mass is 16.5. The van der Waals surface area contributed by atoms with Gasteiger partial charge in [0.2, 0.25) is 0 Å². The van der Waals surface area contributed by atoms with E-state index >= 15 is 0 Å². The fraction of sp³-hybridized carbons (Fsp3) is 0.143. The van der Waals surface area contributed by atoms with E-state index in [9.17, 15) is 14.5 Å². The van der Waals surface area contributed by atoms with Crippen molar-refractivity contribution in [2.45, 2.75) is 6.42 Å². The van der Waals surface area contributed by atoms with Crippen molar-refractivity contribution in [2.24, 2.45) is 5.18 Å². The monoisotopic (exact) mass is 288 g/mol. The van der Waals surface area contributed by atoms with Crippen LogP contribution < -0.4 is 10.3 Å². The smallest absolute Gasteiger partial charge is 0.308 e. The Labute approximate surface area is 119 Å². The van der Waals surface area contributed by atoms with Gasteiger partial charge in [-0.2, -0.15) is 0 Å². The number of pyridine rings is 1. The number of benzene rings is 1. The average molecular weight is 288 g/mol. The molecule has 0 unspecified atom stereocenters. The molecule has 108 valence electrons. The molecule has 0 fully saturated rings. The Hall–Kier alpha value is -2.96. The maximum atomic E-state index is 12.3. The van der Waals surface area contributed by atoms with Gasteiger partial charge >= 0.3 is 5.97 Å². The third-order valence-corrected chi connectivity index (χ3v) is 2.90. The van der Waals surface area contributed by atoms with E-state index in [1.807, 2.05) is 0 Å². The topological polar surface area (TPSA) is 98.0 Å². The highest BCUT2D eigenvalue weighted by Crippen LogP contribution is 2.27. The molecule has 1 aromatic heterocycles. The standard InChI is InChI=1S/C14H12N2O5/c1-21-12-8-10(15-20)4-5-11(12)16-6-2-3-9(14(16)19)7-13(17)18/h2-6,8H,7H2,1H3,(H,17,18). The Bertz CT molecular complexity index is 751. The molecule has 7 heteroatoms. The number of methoxy groups -OCH3 is 1. The number of carbonyl (C=O) groups is 1. The van der Waals surface area contributed by atoms with Crippen molar-refractivity contribution in [2.75, 3.05) is 7.11 Å². The number of aliphatic carboxylic acids is 1. The first-order chi connectivity index (χ1) is 10.1. The zero-order valence-corrected chi connectivity index (χ0v) is 11.1. The molecule has 0 atom stereocenters. The summed E-state index contributed by atoms with van der Waals surface area (Å²) >= 11 is 0. The SMILES string of the molecule is COc1cc(N=O)ccc1-n1cccc(CC(=O)O)c1=O. The molecule has 1 aromatic carbocycles. The van der Waals surface area contributed by atoms with Crippen molar-refractivity contribution in [3.8, 4) is 11.4 Å². The molecule has 0 saturated carbocycles. The summed E-state index contributed by atoms with van der Waals surface area (Å²) in [5, 5.41) is 11.6. The molecule has 1 heterocycles. The van der Waals surface area contributed by atoms with Gasteiger partial charge in [0.05, 0.1) is 19.2 Å². The minimum Gasteiger partial charge on any atom is -0.494 e.